The third-order valence-electron chi connectivity index (χ3n) is 9.68. The minimum atomic E-state index is -0.0696. The van der Waals surface area contributed by atoms with E-state index in [1.54, 1.807) is 0 Å². The molecular weight excluding hydrogens is 614 g/mol. The lowest BCUT2D eigenvalue weighted by Crippen LogP contribution is -2.24. The second kappa shape index (κ2) is 11.5. The van der Waals surface area contributed by atoms with Gasteiger partial charge in [0.1, 0.15) is 5.76 Å². The molecule has 0 aromatic carbocycles. The van der Waals surface area contributed by atoms with E-state index in [1.807, 2.05) is 6.92 Å². The summed E-state index contributed by atoms with van der Waals surface area (Å²) in [5.41, 5.74) is 14.7. The van der Waals surface area contributed by atoms with Gasteiger partial charge in [0.15, 0.2) is 0 Å². The summed E-state index contributed by atoms with van der Waals surface area (Å²) in [6, 6.07) is 0. The van der Waals surface area contributed by atoms with Gasteiger partial charge in [-0.25, -0.2) is 15.0 Å². The van der Waals surface area contributed by atoms with E-state index in [2.05, 4.69) is 79.3 Å². The highest BCUT2D eigenvalue weighted by Crippen LogP contribution is 2.48. The molecule has 5 heterocycles. The van der Waals surface area contributed by atoms with Crippen molar-refractivity contribution in [3.05, 3.63) is 89.9 Å². The van der Waals surface area contributed by atoms with Gasteiger partial charge in [-0.3, -0.25) is 4.79 Å². The van der Waals surface area contributed by atoms with E-state index in [9.17, 15) is 9.90 Å². The first-order chi connectivity index (χ1) is 21.1. The number of rotatable bonds is 6. The number of aliphatic hydroxyl groups is 1. The van der Waals surface area contributed by atoms with Crippen LogP contribution in [0.5, 0.6) is 0 Å². The van der Waals surface area contributed by atoms with Crippen LogP contribution in [-0.2, 0) is 4.79 Å². The summed E-state index contributed by atoms with van der Waals surface area (Å²) in [5.74, 6) is 2.79. The number of nitrogens with one attached hydrogen (secondary N) is 2. The zero-order valence-electron chi connectivity index (χ0n) is 26.2. The summed E-state index contributed by atoms with van der Waals surface area (Å²) in [7, 11) is 0. The molecule has 7 nitrogen and oxygen atoms in total. The van der Waals surface area contributed by atoms with E-state index in [0.29, 0.717) is 25.0 Å². The number of halogens is 1. The summed E-state index contributed by atoms with van der Waals surface area (Å²) in [6.07, 6.45) is 12.6. The Bertz CT molecular complexity index is 1810. The summed E-state index contributed by atoms with van der Waals surface area (Å²) in [4.78, 5) is 28.1. The Hall–Kier alpha value is -3.96. The first-order valence-electron chi connectivity index (χ1n) is 15.4. The highest BCUT2D eigenvalue weighted by molar-refractivity contribution is 9.12. The lowest BCUT2D eigenvalue weighted by Gasteiger charge is -2.18. The van der Waals surface area contributed by atoms with Gasteiger partial charge in [-0.2, -0.15) is 0 Å². The van der Waals surface area contributed by atoms with Crippen LogP contribution in [-0.4, -0.2) is 34.7 Å². The van der Waals surface area contributed by atoms with Gasteiger partial charge in [0, 0.05) is 47.2 Å². The molecule has 8 heteroatoms. The molecule has 0 radical (unpaired) electrons. The third-order valence-corrected chi connectivity index (χ3v) is 10.5. The van der Waals surface area contributed by atoms with Crippen molar-refractivity contribution in [1.82, 2.24) is 10.6 Å². The predicted molar refractivity (Wildman–Crippen MR) is 181 cm³/mol. The van der Waals surface area contributed by atoms with Crippen molar-refractivity contribution < 1.29 is 9.90 Å². The van der Waals surface area contributed by atoms with Crippen LogP contribution in [0.15, 0.2) is 105 Å². The van der Waals surface area contributed by atoms with Gasteiger partial charge in [-0.1, -0.05) is 26.7 Å². The topological polar surface area (TPSA) is 98.4 Å². The Kier molecular flexibility index (Phi) is 7.87. The number of amides is 1. The normalized spacial score (nSPS) is 24.2. The quantitative estimate of drug-likeness (QED) is 0.262. The van der Waals surface area contributed by atoms with Crippen molar-refractivity contribution in [3.8, 4) is 12.3 Å². The van der Waals surface area contributed by atoms with E-state index < -0.39 is 0 Å². The van der Waals surface area contributed by atoms with Gasteiger partial charge >= 0.3 is 0 Å². The highest BCUT2D eigenvalue weighted by Gasteiger charge is 2.42. The van der Waals surface area contributed by atoms with Crippen molar-refractivity contribution in [1.29, 1.82) is 0 Å². The Morgan fingerprint density at radius 3 is 2.45 bits per heavy atom. The predicted octanol–water partition coefficient (Wildman–Crippen LogP) is 7.32. The van der Waals surface area contributed by atoms with E-state index >= 15 is 0 Å². The summed E-state index contributed by atoms with van der Waals surface area (Å²) >= 11 is 3.97. The zero-order valence-corrected chi connectivity index (χ0v) is 27.8. The molecule has 1 amide bonds. The number of carbonyl (C=O) groups is 1. The first kappa shape index (κ1) is 30.1. The Labute approximate surface area is 268 Å². The lowest BCUT2D eigenvalue weighted by atomic mass is 9.86. The fourth-order valence-corrected chi connectivity index (χ4v) is 8.07. The Morgan fingerprint density at radius 2 is 1.75 bits per heavy atom. The van der Waals surface area contributed by atoms with Crippen LogP contribution < -0.4 is 10.6 Å². The largest absolute Gasteiger partial charge is 0.511 e. The molecule has 6 aliphatic rings. The molecule has 0 saturated carbocycles. The monoisotopic (exact) mass is 651 g/mol. The van der Waals surface area contributed by atoms with Gasteiger partial charge in [0.2, 0.25) is 5.91 Å². The van der Waals surface area contributed by atoms with Crippen molar-refractivity contribution in [2.24, 2.45) is 26.8 Å². The molecule has 5 aliphatic heterocycles. The zero-order chi connectivity index (χ0) is 31.4. The molecule has 3 N–H and O–H groups in total. The molecule has 0 aromatic rings. The van der Waals surface area contributed by atoms with Crippen LogP contribution in [0.3, 0.4) is 0 Å². The van der Waals surface area contributed by atoms with E-state index in [0.717, 1.165) is 90.8 Å². The minimum Gasteiger partial charge on any atom is -0.511 e. The SMILES string of the molecule is C#CCNC(=O)CC[C@@H]1C2=C3CC(O)=C4C3=NC(=C4C)C=C3N=C(C=C4N=C(C(C)=C4CC)C(Br)=C(N2)[C@H]1C)C(C)=C3CC. The number of carbonyl (C=O) groups excluding carboxylic acids is 1. The number of aliphatic imine (C=N–C) groups is 3. The van der Waals surface area contributed by atoms with Crippen LogP contribution >= 0.6 is 15.9 Å². The number of hydrogen-bond donors (Lipinski definition) is 3. The number of nitrogens with zero attached hydrogens (tertiary/aromatic N) is 3. The molecular formula is C36H38BrN5O2. The van der Waals surface area contributed by atoms with Gasteiger partial charge in [-0.15, -0.1) is 6.42 Å². The van der Waals surface area contributed by atoms with Crippen LogP contribution in [0.25, 0.3) is 0 Å². The van der Waals surface area contributed by atoms with Crippen LogP contribution in [0.1, 0.15) is 73.6 Å². The molecule has 2 atom stereocenters. The van der Waals surface area contributed by atoms with Crippen molar-refractivity contribution in [3.63, 3.8) is 0 Å². The maximum Gasteiger partial charge on any atom is 0.220 e. The number of hydrogen-bond acceptors (Lipinski definition) is 6. The highest BCUT2D eigenvalue weighted by atomic mass is 79.9. The minimum absolute atomic E-state index is 0.00294. The third kappa shape index (κ3) is 4.73. The number of terminal acetylenes is 1. The molecule has 8 bridgehead atoms. The number of allylic oxidation sites excluding steroid dienone is 12. The molecule has 1 aliphatic carbocycles. The Morgan fingerprint density at radius 1 is 1.05 bits per heavy atom. The van der Waals surface area contributed by atoms with E-state index in [4.69, 9.17) is 21.4 Å². The maximum atomic E-state index is 12.6. The summed E-state index contributed by atoms with van der Waals surface area (Å²) in [6.45, 7) is 13.0. The fourth-order valence-electron chi connectivity index (χ4n) is 7.22. The van der Waals surface area contributed by atoms with Gasteiger partial charge in [-0.05, 0) is 96.0 Å². The molecule has 44 heavy (non-hydrogen) atoms. The summed E-state index contributed by atoms with van der Waals surface area (Å²) in [5, 5.41) is 17.8. The average molecular weight is 653 g/mol. The van der Waals surface area contributed by atoms with E-state index in [1.165, 1.54) is 11.1 Å². The van der Waals surface area contributed by atoms with Gasteiger partial charge < -0.3 is 15.7 Å². The van der Waals surface area contributed by atoms with Crippen LogP contribution in [0.2, 0.25) is 0 Å². The molecule has 0 spiro atoms. The summed E-state index contributed by atoms with van der Waals surface area (Å²) < 4.78 is 0.913. The van der Waals surface area contributed by atoms with Crippen molar-refractivity contribution >= 4 is 39.0 Å². The second-order valence-corrected chi connectivity index (χ2v) is 12.9. The molecule has 1 fully saturated rings. The van der Waals surface area contributed by atoms with Crippen LogP contribution in [0, 0.1) is 24.2 Å². The molecule has 0 aromatic heterocycles. The van der Waals surface area contributed by atoms with Crippen molar-refractivity contribution in [2.75, 3.05) is 6.54 Å². The van der Waals surface area contributed by atoms with Crippen LogP contribution in [0.4, 0.5) is 0 Å². The maximum absolute atomic E-state index is 12.6. The first-order valence-corrected chi connectivity index (χ1v) is 16.2. The second-order valence-electron chi connectivity index (χ2n) is 12.1. The molecule has 0 unspecified atom stereocenters. The average Bonchev–Trinajstić information content (AvgIpc) is 3.76. The standard InChI is InChI=1S/C36H38BrN5O2/c1-8-13-38-30(44)12-11-23-19(6)34-32(37)33-18(5)22(10-3)28(41-33)15-25-17(4)21(9-2)27(39-25)16-26-20(7)31-29(43)14-24(35(23)42-34)36(31)40-26/h1,15-16,19,23,42-43H,9-14H2,2-7H3,(H,38,44)/t19-,23-/m0/s1. The number of aliphatic hydroxyl groups excluding tert-OH is 1. The van der Waals surface area contributed by atoms with E-state index in [-0.39, 0.29) is 24.3 Å². The number of fused-ring (bicyclic) bond motifs is 5. The fraction of sp³-hybridized carbons (Fsp3) is 0.389. The molecule has 1 saturated heterocycles. The molecule has 6 rings (SSSR count). The Balaban J connectivity index is 1.57. The molecule has 226 valence electrons. The van der Waals surface area contributed by atoms with Gasteiger partial charge in [0.05, 0.1) is 45.3 Å². The lowest BCUT2D eigenvalue weighted by molar-refractivity contribution is -0.121. The van der Waals surface area contributed by atoms with Gasteiger partial charge in [0.25, 0.3) is 0 Å². The smallest absolute Gasteiger partial charge is 0.220 e. The van der Waals surface area contributed by atoms with Crippen molar-refractivity contribution in [2.45, 2.75) is 73.6 Å².